The van der Waals surface area contributed by atoms with Gasteiger partial charge in [-0.25, -0.2) is 4.68 Å². The molecule has 1 saturated carbocycles. The lowest BCUT2D eigenvalue weighted by Gasteiger charge is -2.23. The minimum Gasteiger partial charge on any atom is -0.311 e. The zero-order valence-electron chi connectivity index (χ0n) is 16.5. The number of hydrogen-bond acceptors (Lipinski definition) is 3. The van der Waals surface area contributed by atoms with E-state index in [-0.39, 0.29) is 24.5 Å². The van der Waals surface area contributed by atoms with Gasteiger partial charge in [-0.2, -0.15) is 5.10 Å². The van der Waals surface area contributed by atoms with E-state index in [1.165, 1.54) is 43.2 Å². The van der Waals surface area contributed by atoms with Gasteiger partial charge in [0.15, 0.2) is 5.78 Å². The summed E-state index contributed by atoms with van der Waals surface area (Å²) in [5.41, 5.74) is 3.41. The van der Waals surface area contributed by atoms with Crippen LogP contribution in [-0.2, 0) is 17.6 Å². The molecule has 1 aromatic heterocycles. The summed E-state index contributed by atoms with van der Waals surface area (Å²) < 4.78 is 1.95. The predicted octanol–water partition coefficient (Wildman–Crippen LogP) is 4.87. The highest BCUT2D eigenvalue weighted by molar-refractivity contribution is 6.00. The first-order valence-corrected chi connectivity index (χ1v) is 10.7. The standard InChI is InChI=1S/C23H29N3O2/c27-21(19-11-10-17-6-4-5-7-18(17)16-19)12-13-23(28)25-22-14-15-24-26(22)20-8-2-1-3-9-20/h10-11,14-16,20H,1-9,12-13H2,(H,25,28). The topological polar surface area (TPSA) is 64.0 Å². The Bertz CT molecular complexity index is 849. The summed E-state index contributed by atoms with van der Waals surface area (Å²) >= 11 is 0. The molecule has 4 rings (SSSR count). The number of carbonyl (C=O) groups is 2. The van der Waals surface area contributed by atoms with Gasteiger partial charge in [-0.1, -0.05) is 31.4 Å². The molecule has 0 radical (unpaired) electrons. The number of nitrogens with zero attached hydrogens (tertiary/aromatic N) is 2. The maximum absolute atomic E-state index is 12.6. The van der Waals surface area contributed by atoms with Gasteiger partial charge in [0.1, 0.15) is 5.82 Å². The van der Waals surface area contributed by atoms with Crippen molar-refractivity contribution in [2.24, 2.45) is 0 Å². The van der Waals surface area contributed by atoms with Crippen molar-refractivity contribution >= 4 is 17.5 Å². The van der Waals surface area contributed by atoms with Crippen LogP contribution in [0.2, 0.25) is 0 Å². The molecule has 5 heteroatoms. The van der Waals surface area contributed by atoms with E-state index >= 15 is 0 Å². The van der Waals surface area contributed by atoms with Crippen LogP contribution in [0.1, 0.15) is 85.3 Å². The first-order chi connectivity index (χ1) is 13.7. The maximum Gasteiger partial charge on any atom is 0.225 e. The maximum atomic E-state index is 12.6. The van der Waals surface area contributed by atoms with Crippen LogP contribution >= 0.6 is 0 Å². The molecule has 5 nitrogen and oxygen atoms in total. The highest BCUT2D eigenvalue weighted by Crippen LogP contribution is 2.30. The second-order valence-corrected chi connectivity index (χ2v) is 8.11. The molecule has 0 aliphatic heterocycles. The number of amides is 1. The summed E-state index contributed by atoms with van der Waals surface area (Å²) in [7, 11) is 0. The van der Waals surface area contributed by atoms with Crippen LogP contribution in [0, 0.1) is 0 Å². The number of ketones is 1. The Labute approximate surface area is 166 Å². The van der Waals surface area contributed by atoms with E-state index in [2.05, 4.69) is 16.5 Å². The zero-order valence-corrected chi connectivity index (χ0v) is 16.5. The number of rotatable bonds is 6. The molecule has 2 aromatic rings. The van der Waals surface area contributed by atoms with Crippen LogP contribution in [0.3, 0.4) is 0 Å². The van der Waals surface area contributed by atoms with Gasteiger partial charge in [-0.3, -0.25) is 9.59 Å². The van der Waals surface area contributed by atoms with Crippen molar-refractivity contribution in [1.82, 2.24) is 9.78 Å². The first-order valence-electron chi connectivity index (χ1n) is 10.7. The summed E-state index contributed by atoms with van der Waals surface area (Å²) in [6, 6.07) is 8.26. The first kappa shape index (κ1) is 18.9. The Hall–Kier alpha value is -2.43. The molecule has 1 aromatic carbocycles. The van der Waals surface area contributed by atoms with Crippen LogP contribution in [0.4, 0.5) is 5.82 Å². The molecule has 0 atom stereocenters. The minimum atomic E-state index is -0.121. The normalized spacial score (nSPS) is 17.1. The van der Waals surface area contributed by atoms with E-state index in [0.29, 0.717) is 6.04 Å². The van der Waals surface area contributed by atoms with Crippen molar-refractivity contribution < 1.29 is 9.59 Å². The molecule has 2 aliphatic rings. The molecule has 1 fully saturated rings. The average Bonchev–Trinajstić information content (AvgIpc) is 3.20. The van der Waals surface area contributed by atoms with Crippen molar-refractivity contribution in [1.29, 1.82) is 0 Å². The Morgan fingerprint density at radius 2 is 1.75 bits per heavy atom. The fourth-order valence-electron chi connectivity index (χ4n) is 4.51. The average molecular weight is 380 g/mol. The Balaban J connectivity index is 1.32. The molecule has 2 aliphatic carbocycles. The van der Waals surface area contributed by atoms with Gasteiger partial charge in [0, 0.05) is 24.5 Å². The molecular weight excluding hydrogens is 350 g/mol. The van der Waals surface area contributed by atoms with E-state index < -0.39 is 0 Å². The number of benzene rings is 1. The molecule has 148 valence electrons. The second kappa shape index (κ2) is 8.72. The van der Waals surface area contributed by atoms with Gasteiger partial charge in [0.05, 0.1) is 12.2 Å². The Kier molecular flexibility index (Phi) is 5.89. The molecule has 0 saturated heterocycles. The quantitative estimate of drug-likeness (QED) is 0.728. The Morgan fingerprint density at radius 1 is 0.964 bits per heavy atom. The highest BCUT2D eigenvalue weighted by atomic mass is 16.2. The van der Waals surface area contributed by atoms with Crippen LogP contribution in [-0.4, -0.2) is 21.5 Å². The van der Waals surface area contributed by atoms with E-state index in [0.717, 1.165) is 37.1 Å². The summed E-state index contributed by atoms with van der Waals surface area (Å²) in [5.74, 6) is 0.673. The van der Waals surface area contributed by atoms with Crippen molar-refractivity contribution in [2.75, 3.05) is 5.32 Å². The molecule has 1 amide bonds. The van der Waals surface area contributed by atoms with Crippen LogP contribution in [0.25, 0.3) is 0 Å². The van der Waals surface area contributed by atoms with Crippen LogP contribution in [0.15, 0.2) is 30.5 Å². The van der Waals surface area contributed by atoms with Gasteiger partial charge in [0.25, 0.3) is 0 Å². The smallest absolute Gasteiger partial charge is 0.225 e. The fourth-order valence-corrected chi connectivity index (χ4v) is 4.51. The minimum absolute atomic E-state index is 0.0457. The Morgan fingerprint density at radius 3 is 2.57 bits per heavy atom. The van der Waals surface area contributed by atoms with Crippen molar-refractivity contribution in [3.63, 3.8) is 0 Å². The van der Waals surface area contributed by atoms with Crippen molar-refractivity contribution in [3.05, 3.63) is 47.2 Å². The summed E-state index contributed by atoms with van der Waals surface area (Å²) in [5, 5.41) is 7.37. The van der Waals surface area contributed by atoms with Gasteiger partial charge < -0.3 is 5.32 Å². The lowest BCUT2D eigenvalue weighted by atomic mass is 9.89. The van der Waals surface area contributed by atoms with Crippen molar-refractivity contribution in [2.45, 2.75) is 76.7 Å². The van der Waals surface area contributed by atoms with Gasteiger partial charge in [0.2, 0.25) is 5.91 Å². The lowest BCUT2D eigenvalue weighted by molar-refractivity contribution is -0.116. The summed E-state index contributed by atoms with van der Waals surface area (Å²) in [6.45, 7) is 0. The molecule has 0 spiro atoms. The van der Waals surface area contributed by atoms with E-state index in [9.17, 15) is 9.59 Å². The molecule has 1 N–H and O–H groups in total. The van der Waals surface area contributed by atoms with E-state index in [1.807, 2.05) is 22.9 Å². The predicted molar refractivity (Wildman–Crippen MR) is 110 cm³/mol. The number of aromatic nitrogens is 2. The number of carbonyl (C=O) groups excluding carboxylic acids is 2. The number of anilines is 1. The number of aryl methyl sites for hydroxylation is 2. The SMILES string of the molecule is O=C(CCC(=O)c1ccc2c(c1)CCCC2)Nc1ccnn1C1CCCCC1. The highest BCUT2D eigenvalue weighted by Gasteiger charge is 2.20. The van der Waals surface area contributed by atoms with Crippen LogP contribution < -0.4 is 5.32 Å². The number of hydrogen-bond donors (Lipinski definition) is 1. The van der Waals surface area contributed by atoms with Gasteiger partial charge >= 0.3 is 0 Å². The van der Waals surface area contributed by atoms with Gasteiger partial charge in [-0.05, 0) is 55.7 Å². The molecular formula is C23H29N3O2. The molecule has 0 bridgehead atoms. The van der Waals surface area contributed by atoms with Crippen molar-refractivity contribution in [3.8, 4) is 0 Å². The number of fused-ring (bicyclic) bond motifs is 1. The number of Topliss-reactive ketones (excluding diaryl/α,β-unsaturated/α-hetero) is 1. The number of nitrogens with one attached hydrogen (secondary N) is 1. The van der Waals surface area contributed by atoms with E-state index in [4.69, 9.17) is 0 Å². The van der Waals surface area contributed by atoms with E-state index in [1.54, 1.807) is 6.20 Å². The molecule has 28 heavy (non-hydrogen) atoms. The third-order valence-electron chi connectivity index (χ3n) is 6.11. The largest absolute Gasteiger partial charge is 0.311 e. The molecule has 0 unspecified atom stereocenters. The van der Waals surface area contributed by atoms with Gasteiger partial charge in [-0.15, -0.1) is 0 Å². The third-order valence-corrected chi connectivity index (χ3v) is 6.11. The summed E-state index contributed by atoms with van der Waals surface area (Å²) in [4.78, 5) is 25.0. The lowest BCUT2D eigenvalue weighted by Crippen LogP contribution is -2.20. The summed E-state index contributed by atoms with van der Waals surface area (Å²) in [6.07, 6.45) is 12.7. The molecule has 1 heterocycles. The zero-order chi connectivity index (χ0) is 19.3. The third kappa shape index (κ3) is 4.34. The fraction of sp³-hybridized carbons (Fsp3) is 0.522. The second-order valence-electron chi connectivity index (χ2n) is 8.11. The van der Waals surface area contributed by atoms with Crippen LogP contribution in [0.5, 0.6) is 0 Å². The monoisotopic (exact) mass is 379 g/mol.